The summed E-state index contributed by atoms with van der Waals surface area (Å²) < 4.78 is 0. The van der Waals surface area contributed by atoms with E-state index in [2.05, 4.69) is 216 Å². The highest BCUT2D eigenvalue weighted by Crippen LogP contribution is 2.66. The number of hydrogen-bond donors (Lipinski definition) is 2. The van der Waals surface area contributed by atoms with Crippen molar-refractivity contribution >= 4 is 43.6 Å². The number of rotatable bonds is 1. The van der Waals surface area contributed by atoms with Crippen molar-refractivity contribution in [2.45, 2.75) is 10.8 Å². The molecule has 0 fully saturated rings. The molecule has 2 heteroatoms. The van der Waals surface area contributed by atoms with E-state index in [9.17, 15) is 0 Å². The SMILES string of the molecule is c1ccc2c(c1)-c1ccccc1C21c2ccccc2-c2c1ccc1c2[nH]c2ccc(-c3cccc4c3-c3ccccc3C43c4ccccc4-c4c3ccc3c4[nH]c4ccccc43)cc21. The van der Waals surface area contributed by atoms with Gasteiger partial charge in [0.05, 0.1) is 21.9 Å². The van der Waals surface area contributed by atoms with Crippen molar-refractivity contribution < 1.29 is 0 Å². The van der Waals surface area contributed by atoms with Gasteiger partial charge in [0.2, 0.25) is 0 Å². The highest BCUT2D eigenvalue weighted by Gasteiger charge is 2.54. The molecule has 4 aliphatic rings. The topological polar surface area (TPSA) is 31.6 Å². The predicted octanol–water partition coefficient (Wildman–Crippen LogP) is 15.3. The van der Waals surface area contributed by atoms with Crippen molar-refractivity contribution in [2.24, 2.45) is 0 Å². The molecule has 1 atom stereocenters. The second-order valence-corrected chi connectivity index (χ2v) is 18.3. The fraction of sp³-hybridized carbons (Fsp3) is 0.0323. The highest BCUT2D eigenvalue weighted by atomic mass is 14.7. The first-order valence-electron chi connectivity index (χ1n) is 22.5. The molecule has 16 rings (SSSR count). The Hall–Kier alpha value is -8.20. The molecular formula is C62H36N2. The van der Waals surface area contributed by atoms with Gasteiger partial charge in [-0.1, -0.05) is 188 Å². The van der Waals surface area contributed by atoms with E-state index in [-0.39, 0.29) is 5.41 Å². The third-order valence-corrected chi connectivity index (χ3v) is 15.8. The van der Waals surface area contributed by atoms with Crippen molar-refractivity contribution in [3.05, 3.63) is 251 Å². The first-order chi connectivity index (χ1) is 31.8. The average Bonchev–Trinajstić information content (AvgIpc) is 4.18. The maximum absolute atomic E-state index is 4.00. The van der Waals surface area contributed by atoms with Gasteiger partial charge in [0.1, 0.15) is 0 Å². The van der Waals surface area contributed by atoms with E-state index >= 15 is 0 Å². The minimum Gasteiger partial charge on any atom is -0.354 e. The summed E-state index contributed by atoms with van der Waals surface area (Å²) >= 11 is 0. The van der Waals surface area contributed by atoms with Crippen molar-refractivity contribution in [3.8, 4) is 55.6 Å². The molecule has 10 aromatic carbocycles. The van der Waals surface area contributed by atoms with Crippen LogP contribution in [0.15, 0.2) is 206 Å². The largest absolute Gasteiger partial charge is 0.354 e. The predicted molar refractivity (Wildman–Crippen MR) is 263 cm³/mol. The lowest BCUT2D eigenvalue weighted by Gasteiger charge is -2.30. The zero-order chi connectivity index (χ0) is 41.5. The molecule has 1 unspecified atom stereocenters. The molecule has 64 heavy (non-hydrogen) atoms. The van der Waals surface area contributed by atoms with Gasteiger partial charge in [0.25, 0.3) is 0 Å². The van der Waals surface area contributed by atoms with Gasteiger partial charge >= 0.3 is 0 Å². The molecule has 2 aromatic heterocycles. The lowest BCUT2D eigenvalue weighted by atomic mass is 9.70. The zero-order valence-electron chi connectivity index (χ0n) is 34.6. The Morgan fingerprint density at radius 2 is 0.656 bits per heavy atom. The van der Waals surface area contributed by atoms with E-state index in [4.69, 9.17) is 0 Å². The van der Waals surface area contributed by atoms with Gasteiger partial charge < -0.3 is 9.97 Å². The van der Waals surface area contributed by atoms with Crippen molar-refractivity contribution in [1.82, 2.24) is 9.97 Å². The number of fused-ring (bicyclic) bond motifs is 28. The Morgan fingerprint density at radius 3 is 1.25 bits per heavy atom. The summed E-state index contributed by atoms with van der Waals surface area (Å²) in [7, 11) is 0. The number of hydrogen-bond acceptors (Lipinski definition) is 0. The Balaban J connectivity index is 0.935. The van der Waals surface area contributed by atoms with Gasteiger partial charge in [-0.15, -0.1) is 0 Å². The smallest absolute Gasteiger partial charge is 0.0726 e. The number of nitrogens with one attached hydrogen (secondary N) is 2. The molecule has 0 amide bonds. The molecule has 2 spiro atoms. The first kappa shape index (κ1) is 33.4. The fourth-order valence-corrected chi connectivity index (χ4v) is 13.5. The quantitative estimate of drug-likeness (QED) is 0.166. The number of para-hydroxylation sites is 1. The average molecular weight is 809 g/mol. The van der Waals surface area contributed by atoms with E-state index in [1.54, 1.807) is 0 Å². The fourth-order valence-electron chi connectivity index (χ4n) is 13.5. The van der Waals surface area contributed by atoms with Crippen molar-refractivity contribution in [1.29, 1.82) is 0 Å². The van der Waals surface area contributed by atoms with Crippen LogP contribution in [-0.2, 0) is 10.8 Å². The third-order valence-electron chi connectivity index (χ3n) is 15.8. The van der Waals surface area contributed by atoms with Crippen LogP contribution in [0.3, 0.4) is 0 Å². The summed E-state index contributed by atoms with van der Waals surface area (Å²) in [5.74, 6) is 0. The van der Waals surface area contributed by atoms with Crippen LogP contribution in [0, 0.1) is 0 Å². The maximum atomic E-state index is 4.00. The molecule has 0 saturated carbocycles. The van der Waals surface area contributed by atoms with E-state index in [1.807, 2.05) is 0 Å². The number of benzene rings is 10. The van der Waals surface area contributed by atoms with Crippen molar-refractivity contribution in [3.63, 3.8) is 0 Å². The normalized spacial score (nSPS) is 16.3. The molecule has 2 nitrogen and oxygen atoms in total. The summed E-state index contributed by atoms with van der Waals surface area (Å²) in [5.41, 5.74) is 27.8. The number of aromatic amines is 2. The molecule has 12 aromatic rings. The van der Waals surface area contributed by atoms with E-state index in [0.29, 0.717) is 0 Å². The minimum atomic E-state index is -0.453. The number of aromatic nitrogens is 2. The zero-order valence-corrected chi connectivity index (χ0v) is 34.6. The monoisotopic (exact) mass is 808 g/mol. The van der Waals surface area contributed by atoms with Crippen LogP contribution in [0.25, 0.3) is 99.2 Å². The van der Waals surface area contributed by atoms with Gasteiger partial charge in [-0.2, -0.15) is 0 Å². The molecule has 294 valence electrons. The molecule has 0 saturated heterocycles. The van der Waals surface area contributed by atoms with Crippen LogP contribution in [0.2, 0.25) is 0 Å². The summed E-state index contributed by atoms with van der Waals surface area (Å²) in [6.45, 7) is 0. The molecule has 2 heterocycles. The van der Waals surface area contributed by atoms with Gasteiger partial charge in [0, 0.05) is 43.7 Å². The summed E-state index contributed by atoms with van der Waals surface area (Å²) in [5, 5.41) is 5.05. The van der Waals surface area contributed by atoms with Crippen LogP contribution >= 0.6 is 0 Å². The standard InChI is InChI=1S/C62H36N2/c1-7-21-46-37(14-1)38-15-2-8-22-47(38)61(46)49-24-10-4-18-43(49)57-52(61)32-30-41-45-34-35(28-33-55(45)64-60(41)57)36-20-13-26-51-56(36)42-17-3-9-23-48(42)62(51)50-25-11-5-19-44(50)58-53(62)31-29-40-39-16-6-12-27-54(39)63-59(40)58/h1-34,63-64H. The summed E-state index contributed by atoms with van der Waals surface area (Å²) in [6, 6.07) is 78.1. The molecule has 0 bridgehead atoms. The van der Waals surface area contributed by atoms with Crippen LogP contribution in [0.1, 0.15) is 44.5 Å². The van der Waals surface area contributed by atoms with Crippen LogP contribution in [0.4, 0.5) is 0 Å². The molecule has 0 aliphatic heterocycles. The van der Waals surface area contributed by atoms with Gasteiger partial charge in [-0.3, -0.25) is 0 Å². The van der Waals surface area contributed by atoms with Crippen LogP contribution in [0.5, 0.6) is 0 Å². The molecule has 0 radical (unpaired) electrons. The van der Waals surface area contributed by atoms with Gasteiger partial charge in [0.15, 0.2) is 0 Å². The lowest BCUT2D eigenvalue weighted by molar-refractivity contribution is 0.794. The minimum absolute atomic E-state index is 0.374. The second-order valence-electron chi connectivity index (χ2n) is 18.3. The summed E-state index contributed by atoms with van der Waals surface area (Å²) in [4.78, 5) is 7.88. The summed E-state index contributed by atoms with van der Waals surface area (Å²) in [6.07, 6.45) is 0. The van der Waals surface area contributed by atoms with E-state index < -0.39 is 5.41 Å². The van der Waals surface area contributed by atoms with Crippen LogP contribution < -0.4 is 0 Å². The number of H-pyrrole nitrogens is 2. The highest BCUT2D eigenvalue weighted by molar-refractivity contribution is 6.17. The van der Waals surface area contributed by atoms with Crippen molar-refractivity contribution in [2.75, 3.05) is 0 Å². The molecule has 4 aliphatic carbocycles. The second kappa shape index (κ2) is 11.4. The Morgan fingerprint density at radius 1 is 0.250 bits per heavy atom. The van der Waals surface area contributed by atoms with E-state index in [0.717, 1.165) is 5.52 Å². The Labute approximate surface area is 369 Å². The Kier molecular flexibility index (Phi) is 5.97. The lowest BCUT2D eigenvalue weighted by Crippen LogP contribution is -2.25. The maximum Gasteiger partial charge on any atom is 0.0726 e. The van der Waals surface area contributed by atoms with Gasteiger partial charge in [-0.25, -0.2) is 0 Å². The molecule has 2 N–H and O–H groups in total. The van der Waals surface area contributed by atoms with Crippen LogP contribution in [-0.4, -0.2) is 9.97 Å². The third kappa shape index (κ3) is 3.65. The van der Waals surface area contributed by atoms with Gasteiger partial charge in [-0.05, 0) is 107 Å². The molecular weight excluding hydrogens is 773 g/mol. The first-order valence-corrected chi connectivity index (χ1v) is 22.5. The Bertz CT molecular complexity index is 4050. The van der Waals surface area contributed by atoms with E-state index in [1.165, 1.54) is 138 Å².